The van der Waals surface area contributed by atoms with Gasteiger partial charge < -0.3 is 4.74 Å². The van der Waals surface area contributed by atoms with E-state index in [-0.39, 0.29) is 40.9 Å². The molecular weight excluding hydrogens is 421 g/mol. The van der Waals surface area contributed by atoms with E-state index in [1.165, 1.54) is 6.07 Å². The van der Waals surface area contributed by atoms with Crippen molar-refractivity contribution in [2.24, 2.45) is 11.8 Å². The van der Waals surface area contributed by atoms with Crippen LogP contribution in [-0.2, 0) is 19.4 Å². The summed E-state index contributed by atoms with van der Waals surface area (Å²) in [5.41, 5.74) is 0.758. The normalized spacial score (nSPS) is 20.4. The minimum absolute atomic E-state index is 0.00778. The first-order valence-electron chi connectivity index (χ1n) is 11.2. The smallest absolute Gasteiger partial charge is 0.229 e. The molecule has 1 aromatic carbocycles. The van der Waals surface area contributed by atoms with Gasteiger partial charge in [-0.25, -0.2) is 12.8 Å². The molecule has 0 radical (unpaired) electrons. The van der Waals surface area contributed by atoms with E-state index in [4.69, 9.17) is 4.74 Å². The Morgan fingerprint density at radius 2 is 1.94 bits per heavy atom. The van der Waals surface area contributed by atoms with Crippen LogP contribution in [0.3, 0.4) is 0 Å². The summed E-state index contributed by atoms with van der Waals surface area (Å²) in [6.07, 6.45) is 5.88. The Kier molecular flexibility index (Phi) is 8.08. The van der Waals surface area contributed by atoms with Gasteiger partial charge in [0.2, 0.25) is 11.8 Å². The third-order valence-electron chi connectivity index (χ3n) is 6.06. The van der Waals surface area contributed by atoms with Crippen LogP contribution in [0.4, 0.5) is 4.39 Å². The number of ether oxygens (including phenoxy) is 1. The second kappa shape index (κ2) is 10.6. The van der Waals surface area contributed by atoms with Crippen molar-refractivity contribution in [3.8, 4) is 5.75 Å². The van der Waals surface area contributed by atoms with E-state index in [0.717, 1.165) is 31.2 Å². The molecule has 2 fully saturated rings. The zero-order valence-electron chi connectivity index (χ0n) is 18.1. The zero-order valence-corrected chi connectivity index (χ0v) is 18.9. The highest BCUT2D eigenvalue weighted by atomic mass is 32.2. The maximum Gasteiger partial charge on any atom is 0.229 e. The number of carbonyl (C=O) groups is 2. The number of hydrogen-bond donors (Lipinski definition) is 1. The molecule has 1 N–H and O–H groups in total. The Labute approximate surface area is 183 Å². The summed E-state index contributed by atoms with van der Waals surface area (Å²) in [6, 6.07) is 4.59. The molecule has 31 heavy (non-hydrogen) atoms. The molecule has 0 spiro atoms. The summed E-state index contributed by atoms with van der Waals surface area (Å²) >= 11 is 0. The van der Waals surface area contributed by atoms with Gasteiger partial charge in [0.05, 0.1) is 18.1 Å². The largest absolute Gasteiger partial charge is 0.490 e. The number of benzene rings is 1. The van der Waals surface area contributed by atoms with Crippen LogP contribution in [0, 0.1) is 17.7 Å². The van der Waals surface area contributed by atoms with Crippen molar-refractivity contribution in [1.29, 1.82) is 0 Å². The molecule has 2 aliphatic rings. The SMILES string of the molecule is C[C@@H](CS(=O)(=O)CCCCCC1CCC(=O)NC1=O)c1ccc(F)c(OCC2CC2)c1. The number of sulfone groups is 1. The third-order valence-corrected chi connectivity index (χ3v) is 7.98. The molecule has 2 atom stereocenters. The van der Waals surface area contributed by atoms with Gasteiger partial charge in [-0.2, -0.15) is 0 Å². The number of hydrogen-bond acceptors (Lipinski definition) is 5. The molecule has 8 heteroatoms. The average molecular weight is 454 g/mol. The lowest BCUT2D eigenvalue weighted by Gasteiger charge is -2.20. The van der Waals surface area contributed by atoms with Gasteiger partial charge in [-0.3, -0.25) is 14.9 Å². The molecule has 1 aliphatic heterocycles. The number of amides is 2. The fourth-order valence-corrected chi connectivity index (χ4v) is 5.66. The van der Waals surface area contributed by atoms with E-state index < -0.39 is 15.7 Å². The van der Waals surface area contributed by atoms with E-state index in [1.807, 2.05) is 6.92 Å². The van der Waals surface area contributed by atoms with Gasteiger partial charge in [0.15, 0.2) is 21.4 Å². The summed E-state index contributed by atoms with van der Waals surface area (Å²) in [4.78, 5) is 22.9. The minimum atomic E-state index is -3.25. The summed E-state index contributed by atoms with van der Waals surface area (Å²) in [7, 11) is -3.25. The molecule has 0 bridgehead atoms. The van der Waals surface area contributed by atoms with E-state index in [0.29, 0.717) is 38.2 Å². The first-order valence-corrected chi connectivity index (χ1v) is 13.0. The van der Waals surface area contributed by atoms with Crippen molar-refractivity contribution in [3.63, 3.8) is 0 Å². The van der Waals surface area contributed by atoms with E-state index in [2.05, 4.69) is 5.32 Å². The van der Waals surface area contributed by atoms with Gasteiger partial charge in [0.25, 0.3) is 0 Å². The summed E-state index contributed by atoms with van der Waals surface area (Å²) in [5.74, 6) is -0.441. The standard InChI is InChI=1S/C23H32FNO5S/c1-16(19-8-10-20(24)21(13-19)30-14-17-6-7-17)15-31(28,29)12-4-2-3-5-18-9-11-22(26)25-23(18)27/h8,10,13,16-18H,2-7,9,11-12,14-15H2,1H3,(H,25,26,27)/t16-,18?/m0/s1. The van der Waals surface area contributed by atoms with Crippen molar-refractivity contribution in [3.05, 3.63) is 29.6 Å². The van der Waals surface area contributed by atoms with Crippen LogP contribution in [0.2, 0.25) is 0 Å². The van der Waals surface area contributed by atoms with Crippen LogP contribution in [-0.4, -0.2) is 38.3 Å². The van der Waals surface area contributed by atoms with Gasteiger partial charge >= 0.3 is 0 Å². The number of nitrogens with one attached hydrogen (secondary N) is 1. The van der Waals surface area contributed by atoms with Crippen molar-refractivity contribution in [1.82, 2.24) is 5.32 Å². The van der Waals surface area contributed by atoms with Crippen LogP contribution in [0.1, 0.15) is 69.8 Å². The lowest BCUT2D eigenvalue weighted by molar-refractivity contribution is -0.136. The molecule has 0 aromatic heterocycles. The highest BCUT2D eigenvalue weighted by Gasteiger charge is 2.26. The zero-order chi connectivity index (χ0) is 22.4. The van der Waals surface area contributed by atoms with Crippen LogP contribution in [0.25, 0.3) is 0 Å². The molecule has 172 valence electrons. The van der Waals surface area contributed by atoms with Gasteiger partial charge in [-0.05, 0) is 61.6 Å². The molecule has 1 aromatic rings. The quantitative estimate of drug-likeness (QED) is 0.385. The van der Waals surface area contributed by atoms with Gasteiger partial charge in [0.1, 0.15) is 0 Å². The number of halogens is 1. The maximum atomic E-state index is 14.0. The maximum absolute atomic E-state index is 14.0. The van der Waals surface area contributed by atoms with Gasteiger partial charge in [0, 0.05) is 12.3 Å². The predicted molar refractivity (Wildman–Crippen MR) is 116 cm³/mol. The number of rotatable bonds is 12. The van der Waals surface area contributed by atoms with E-state index >= 15 is 0 Å². The summed E-state index contributed by atoms with van der Waals surface area (Å²) < 4.78 is 44.6. The van der Waals surface area contributed by atoms with Crippen LogP contribution < -0.4 is 10.1 Å². The molecule has 1 aliphatic carbocycles. The van der Waals surface area contributed by atoms with Crippen molar-refractivity contribution in [2.75, 3.05) is 18.1 Å². The third kappa shape index (κ3) is 7.59. The summed E-state index contributed by atoms with van der Waals surface area (Å²) in [5, 5.41) is 2.35. The first-order chi connectivity index (χ1) is 14.7. The van der Waals surface area contributed by atoms with E-state index in [9.17, 15) is 22.4 Å². The Bertz CT molecular complexity index is 897. The molecule has 3 rings (SSSR count). The van der Waals surface area contributed by atoms with Gasteiger partial charge in [-0.1, -0.05) is 25.8 Å². The Balaban J connectivity index is 1.40. The lowest BCUT2D eigenvalue weighted by atomic mass is 9.92. The summed E-state index contributed by atoms with van der Waals surface area (Å²) in [6.45, 7) is 2.34. The van der Waals surface area contributed by atoms with E-state index in [1.54, 1.807) is 12.1 Å². The van der Waals surface area contributed by atoms with Crippen molar-refractivity contribution < 1.29 is 27.1 Å². The molecule has 1 heterocycles. The number of carbonyl (C=O) groups excluding carboxylic acids is 2. The molecule has 6 nitrogen and oxygen atoms in total. The Morgan fingerprint density at radius 1 is 1.16 bits per heavy atom. The molecule has 1 saturated carbocycles. The van der Waals surface area contributed by atoms with Crippen molar-refractivity contribution in [2.45, 2.75) is 64.2 Å². The Morgan fingerprint density at radius 3 is 2.65 bits per heavy atom. The number of piperidine rings is 1. The van der Waals surface area contributed by atoms with Crippen molar-refractivity contribution >= 4 is 21.7 Å². The van der Waals surface area contributed by atoms with Crippen LogP contribution >= 0.6 is 0 Å². The number of imide groups is 1. The molecular formula is C23H32FNO5S. The lowest BCUT2D eigenvalue weighted by Crippen LogP contribution is -2.40. The van der Waals surface area contributed by atoms with Crippen LogP contribution in [0.15, 0.2) is 18.2 Å². The molecule has 1 unspecified atom stereocenters. The fraction of sp³-hybridized carbons (Fsp3) is 0.652. The molecule has 2 amide bonds. The second-order valence-electron chi connectivity index (χ2n) is 8.96. The minimum Gasteiger partial charge on any atom is -0.490 e. The predicted octanol–water partition coefficient (Wildman–Crippen LogP) is 3.75. The fourth-order valence-electron chi connectivity index (χ4n) is 3.89. The average Bonchev–Trinajstić information content (AvgIpc) is 3.52. The Hall–Kier alpha value is -1.96. The number of unbranched alkanes of at least 4 members (excludes halogenated alkanes) is 2. The topological polar surface area (TPSA) is 89.5 Å². The second-order valence-corrected chi connectivity index (χ2v) is 11.2. The van der Waals surface area contributed by atoms with Gasteiger partial charge in [-0.15, -0.1) is 0 Å². The highest BCUT2D eigenvalue weighted by Crippen LogP contribution is 2.31. The molecule has 1 saturated heterocycles. The monoisotopic (exact) mass is 453 g/mol. The first kappa shape index (κ1) is 23.7. The van der Waals surface area contributed by atoms with Crippen LogP contribution in [0.5, 0.6) is 5.75 Å². The highest BCUT2D eigenvalue weighted by molar-refractivity contribution is 7.91.